The van der Waals surface area contributed by atoms with Gasteiger partial charge in [-0.2, -0.15) is 10.2 Å². The summed E-state index contributed by atoms with van der Waals surface area (Å²) in [6.07, 6.45) is 6.15. The third-order valence-electron chi connectivity index (χ3n) is 5.91. The number of aryl methyl sites for hydroxylation is 1. The number of hydrogen-bond donors (Lipinski definition) is 2. The van der Waals surface area contributed by atoms with E-state index in [-0.39, 0.29) is 24.4 Å². The number of aliphatic hydroxyl groups is 1. The van der Waals surface area contributed by atoms with Crippen LogP contribution in [-0.2, 0) is 13.6 Å². The second-order valence-electron chi connectivity index (χ2n) is 9.16. The molecule has 5 rings (SSSR count). The molecule has 0 bridgehead atoms. The van der Waals surface area contributed by atoms with Gasteiger partial charge in [-0.15, -0.1) is 0 Å². The quantitative estimate of drug-likeness (QED) is 0.405. The lowest BCUT2D eigenvalue weighted by Gasteiger charge is -2.26. The van der Waals surface area contributed by atoms with Gasteiger partial charge in [0.15, 0.2) is 17.1 Å². The van der Waals surface area contributed by atoms with Gasteiger partial charge in [0.2, 0.25) is 0 Å². The number of nitrogens with zero attached hydrogens (tertiary/aromatic N) is 6. The molecule has 1 aliphatic rings. The van der Waals surface area contributed by atoms with Crippen molar-refractivity contribution in [2.45, 2.75) is 32.2 Å². The number of anilines is 1. The molecule has 0 fully saturated rings. The second-order valence-corrected chi connectivity index (χ2v) is 9.16. The van der Waals surface area contributed by atoms with Crippen molar-refractivity contribution >= 4 is 23.1 Å². The lowest BCUT2D eigenvalue weighted by atomic mass is 10.0. The molecular formula is C24H24FN7O4. The Morgan fingerprint density at radius 2 is 2.11 bits per heavy atom. The first-order valence-corrected chi connectivity index (χ1v) is 11.2. The Labute approximate surface area is 205 Å². The Balaban J connectivity index is 1.48. The highest BCUT2D eigenvalue weighted by Crippen LogP contribution is 2.37. The van der Waals surface area contributed by atoms with Crippen molar-refractivity contribution < 1.29 is 23.8 Å². The summed E-state index contributed by atoms with van der Waals surface area (Å²) in [5, 5.41) is 21.0. The smallest absolute Gasteiger partial charge is 0.261 e. The SMILES string of the molecule is Cn1cc(Oc2cc3c(cc2NC(=O)c2cnn4cccnc24)CN(C[C@@H](F)C(C)(C)O)C3=O)cn1. The van der Waals surface area contributed by atoms with E-state index in [9.17, 15) is 19.1 Å². The van der Waals surface area contributed by atoms with Crippen LogP contribution in [0.4, 0.5) is 10.1 Å². The van der Waals surface area contributed by atoms with Crippen molar-refractivity contribution in [1.29, 1.82) is 0 Å². The van der Waals surface area contributed by atoms with E-state index in [4.69, 9.17) is 4.74 Å². The minimum absolute atomic E-state index is 0.124. The van der Waals surface area contributed by atoms with Gasteiger partial charge in [-0.05, 0) is 37.6 Å². The van der Waals surface area contributed by atoms with E-state index >= 15 is 0 Å². The maximum Gasteiger partial charge on any atom is 0.261 e. The van der Waals surface area contributed by atoms with Gasteiger partial charge in [0.1, 0.15) is 11.7 Å². The zero-order valence-electron chi connectivity index (χ0n) is 19.8. The number of halogens is 1. The normalized spacial score (nSPS) is 14.2. The first-order chi connectivity index (χ1) is 17.1. The summed E-state index contributed by atoms with van der Waals surface area (Å²) in [6, 6.07) is 4.85. The molecule has 0 radical (unpaired) electrons. The first-order valence-electron chi connectivity index (χ1n) is 11.2. The third-order valence-corrected chi connectivity index (χ3v) is 5.91. The Hall–Kier alpha value is -4.32. The van der Waals surface area contributed by atoms with E-state index in [1.807, 2.05) is 0 Å². The van der Waals surface area contributed by atoms with Crippen molar-refractivity contribution in [1.82, 2.24) is 29.3 Å². The molecule has 0 saturated carbocycles. The Morgan fingerprint density at radius 3 is 2.83 bits per heavy atom. The fourth-order valence-electron chi connectivity index (χ4n) is 3.90. The van der Waals surface area contributed by atoms with Gasteiger partial charge in [-0.25, -0.2) is 13.9 Å². The maximum atomic E-state index is 14.5. The lowest BCUT2D eigenvalue weighted by molar-refractivity contribution is -0.0159. The summed E-state index contributed by atoms with van der Waals surface area (Å²) >= 11 is 0. The predicted molar refractivity (Wildman–Crippen MR) is 127 cm³/mol. The monoisotopic (exact) mass is 493 g/mol. The summed E-state index contributed by atoms with van der Waals surface area (Å²) < 4.78 is 23.5. The molecule has 1 aliphatic heterocycles. The number of amides is 2. The Kier molecular flexibility index (Phi) is 5.67. The number of ether oxygens (including phenoxy) is 1. The van der Waals surface area contributed by atoms with Crippen LogP contribution in [0.25, 0.3) is 5.65 Å². The zero-order chi connectivity index (χ0) is 25.6. The molecule has 0 unspecified atom stereocenters. The van der Waals surface area contributed by atoms with Gasteiger partial charge in [-0.1, -0.05) is 0 Å². The number of nitrogens with one attached hydrogen (secondary N) is 1. The average molecular weight is 493 g/mol. The van der Waals surface area contributed by atoms with Crippen LogP contribution in [0.2, 0.25) is 0 Å². The first kappa shape index (κ1) is 23.4. The maximum absolute atomic E-state index is 14.5. The van der Waals surface area contributed by atoms with E-state index in [2.05, 4.69) is 20.5 Å². The largest absolute Gasteiger partial charge is 0.452 e. The van der Waals surface area contributed by atoms with Crippen LogP contribution in [0.5, 0.6) is 11.5 Å². The van der Waals surface area contributed by atoms with Gasteiger partial charge in [-0.3, -0.25) is 14.3 Å². The molecule has 12 heteroatoms. The third kappa shape index (κ3) is 4.38. The number of carbonyl (C=O) groups is 2. The van der Waals surface area contributed by atoms with E-state index < -0.39 is 23.6 Å². The molecule has 1 atom stereocenters. The van der Waals surface area contributed by atoms with E-state index in [1.54, 1.807) is 42.5 Å². The van der Waals surface area contributed by atoms with Crippen LogP contribution in [0.3, 0.4) is 0 Å². The molecule has 4 heterocycles. The summed E-state index contributed by atoms with van der Waals surface area (Å²) in [6.45, 7) is 2.56. The van der Waals surface area contributed by atoms with Gasteiger partial charge in [0.05, 0.1) is 36.4 Å². The van der Waals surface area contributed by atoms with Crippen molar-refractivity contribution in [3.8, 4) is 11.5 Å². The second kappa shape index (κ2) is 8.72. The highest BCUT2D eigenvalue weighted by Gasteiger charge is 2.35. The molecule has 11 nitrogen and oxygen atoms in total. The van der Waals surface area contributed by atoms with Crippen LogP contribution >= 0.6 is 0 Å². The van der Waals surface area contributed by atoms with Crippen LogP contribution in [0.15, 0.2) is 49.2 Å². The van der Waals surface area contributed by atoms with Crippen molar-refractivity contribution in [2.75, 3.05) is 11.9 Å². The van der Waals surface area contributed by atoms with Crippen molar-refractivity contribution in [3.63, 3.8) is 0 Å². The van der Waals surface area contributed by atoms with E-state index in [0.29, 0.717) is 28.2 Å². The topological polar surface area (TPSA) is 127 Å². The average Bonchev–Trinajstić information content (AvgIpc) is 3.51. The molecule has 36 heavy (non-hydrogen) atoms. The highest BCUT2D eigenvalue weighted by atomic mass is 19.1. The van der Waals surface area contributed by atoms with Gasteiger partial charge in [0, 0.05) is 31.5 Å². The van der Waals surface area contributed by atoms with Gasteiger partial charge < -0.3 is 20.1 Å². The molecule has 0 saturated heterocycles. The number of benzene rings is 1. The van der Waals surface area contributed by atoms with Crippen LogP contribution < -0.4 is 10.1 Å². The fraction of sp³-hybridized carbons (Fsp3) is 0.292. The number of hydrogen-bond acceptors (Lipinski definition) is 7. The minimum Gasteiger partial charge on any atom is -0.452 e. The Bertz CT molecular complexity index is 1470. The van der Waals surface area contributed by atoms with Gasteiger partial charge >= 0.3 is 0 Å². The van der Waals surface area contributed by atoms with E-state index in [0.717, 1.165) is 0 Å². The summed E-state index contributed by atoms with van der Waals surface area (Å²) in [5.74, 6) is -0.239. The van der Waals surface area contributed by atoms with Gasteiger partial charge in [0.25, 0.3) is 11.8 Å². The number of aromatic nitrogens is 5. The van der Waals surface area contributed by atoms with Crippen LogP contribution in [-0.4, -0.2) is 64.5 Å². The fourth-order valence-corrected chi connectivity index (χ4v) is 3.90. The number of rotatable bonds is 7. The summed E-state index contributed by atoms with van der Waals surface area (Å²) in [4.78, 5) is 31.7. The molecule has 0 aliphatic carbocycles. The van der Waals surface area contributed by atoms with Crippen molar-refractivity contribution in [3.05, 3.63) is 65.9 Å². The number of fused-ring (bicyclic) bond motifs is 2. The highest BCUT2D eigenvalue weighted by molar-refractivity contribution is 6.09. The lowest BCUT2D eigenvalue weighted by Crippen LogP contribution is -2.42. The molecule has 1 aromatic carbocycles. The molecule has 3 aromatic heterocycles. The standard InChI is InChI=1S/C24H24FN7O4/c1-24(2,35)20(25)13-31-11-14-7-18(29-22(33)17-10-28-32-6-4-5-26-21(17)32)19(8-16(14)23(31)34)36-15-9-27-30(3)12-15/h4-10,12,20,35H,11,13H2,1-3H3,(H,29,33)/t20-/m1/s1. The predicted octanol–water partition coefficient (Wildman–Crippen LogP) is 2.57. The molecule has 0 spiro atoms. The zero-order valence-corrected chi connectivity index (χ0v) is 19.8. The van der Waals surface area contributed by atoms with E-state index in [1.165, 1.54) is 41.7 Å². The Morgan fingerprint density at radius 1 is 1.31 bits per heavy atom. The molecule has 2 amide bonds. The summed E-state index contributed by atoms with van der Waals surface area (Å²) in [5.41, 5.74) is 0.277. The molecule has 186 valence electrons. The minimum atomic E-state index is -1.64. The molecule has 2 N–H and O–H groups in total. The van der Waals surface area contributed by atoms with Crippen LogP contribution in [0, 0.1) is 0 Å². The molecular weight excluding hydrogens is 469 g/mol. The van der Waals surface area contributed by atoms with Crippen LogP contribution in [0.1, 0.15) is 40.1 Å². The number of carbonyl (C=O) groups excluding carboxylic acids is 2. The summed E-state index contributed by atoms with van der Waals surface area (Å²) in [7, 11) is 1.73. The van der Waals surface area contributed by atoms with Crippen molar-refractivity contribution in [2.24, 2.45) is 7.05 Å². The number of alkyl halides is 1. The molecule has 4 aromatic rings.